The first kappa shape index (κ1) is 15.5. The van der Waals surface area contributed by atoms with E-state index in [0.717, 1.165) is 23.6 Å². The van der Waals surface area contributed by atoms with Crippen LogP contribution in [-0.2, 0) is 12.8 Å². The summed E-state index contributed by atoms with van der Waals surface area (Å²) in [5, 5.41) is 8.98. The van der Waals surface area contributed by atoms with Crippen LogP contribution in [0.1, 0.15) is 53.7 Å². The topological polar surface area (TPSA) is 40.5 Å². The summed E-state index contributed by atoms with van der Waals surface area (Å²) in [7, 11) is 0. The van der Waals surface area contributed by atoms with Crippen molar-refractivity contribution in [3.63, 3.8) is 0 Å². The molecule has 2 rings (SSSR count). The number of carbonyl (C=O) groups excluding carboxylic acids is 1. The van der Waals surface area contributed by atoms with E-state index in [0.29, 0.717) is 13.0 Å². The van der Waals surface area contributed by atoms with Crippen LogP contribution in [0, 0.1) is 5.92 Å². The second-order valence-corrected chi connectivity index (χ2v) is 7.21. The quantitative estimate of drug-likeness (QED) is 0.907. The minimum absolute atomic E-state index is 0.125. The van der Waals surface area contributed by atoms with Crippen molar-refractivity contribution < 1.29 is 9.90 Å². The van der Waals surface area contributed by atoms with E-state index in [-0.39, 0.29) is 18.6 Å². The fourth-order valence-electron chi connectivity index (χ4n) is 2.79. The summed E-state index contributed by atoms with van der Waals surface area (Å²) in [6, 6.07) is 2.28. The molecular formula is C16H25NO2S. The Morgan fingerprint density at radius 1 is 1.55 bits per heavy atom. The summed E-state index contributed by atoms with van der Waals surface area (Å²) >= 11 is 1.67. The van der Waals surface area contributed by atoms with Gasteiger partial charge in [-0.3, -0.25) is 4.79 Å². The van der Waals surface area contributed by atoms with E-state index in [9.17, 15) is 4.79 Å². The highest BCUT2D eigenvalue weighted by molar-refractivity contribution is 7.14. The Bertz CT molecular complexity index is 467. The Hall–Kier alpha value is -0.870. The van der Waals surface area contributed by atoms with Crippen molar-refractivity contribution in [2.24, 2.45) is 5.92 Å². The molecule has 1 aliphatic carbocycles. The molecule has 1 aromatic heterocycles. The van der Waals surface area contributed by atoms with Crippen molar-refractivity contribution in [3.8, 4) is 0 Å². The maximum Gasteiger partial charge on any atom is 0.264 e. The largest absolute Gasteiger partial charge is 0.396 e. The van der Waals surface area contributed by atoms with Crippen LogP contribution in [0.3, 0.4) is 0 Å². The third-order valence-electron chi connectivity index (χ3n) is 3.98. The minimum Gasteiger partial charge on any atom is -0.396 e. The molecule has 1 aliphatic rings. The number of aryl methyl sites for hydroxylation is 1. The van der Waals surface area contributed by atoms with Crippen molar-refractivity contribution in [3.05, 3.63) is 21.4 Å². The van der Waals surface area contributed by atoms with Gasteiger partial charge in [0.15, 0.2) is 0 Å². The van der Waals surface area contributed by atoms with Gasteiger partial charge in [-0.2, -0.15) is 0 Å². The number of carbonyl (C=O) groups is 1. The lowest BCUT2D eigenvalue weighted by molar-refractivity contribution is 0.0698. The average molecular weight is 295 g/mol. The molecule has 1 amide bonds. The third-order valence-corrected chi connectivity index (χ3v) is 5.21. The number of fused-ring (bicyclic) bond motifs is 1. The number of rotatable bonds is 5. The molecule has 1 aromatic rings. The van der Waals surface area contributed by atoms with Crippen LogP contribution in [0.4, 0.5) is 0 Å². The van der Waals surface area contributed by atoms with Gasteiger partial charge in [-0.1, -0.05) is 6.92 Å². The molecule has 0 fully saturated rings. The Labute approximate surface area is 125 Å². The van der Waals surface area contributed by atoms with Crippen LogP contribution >= 0.6 is 11.3 Å². The first-order valence-corrected chi connectivity index (χ1v) is 8.38. The Morgan fingerprint density at radius 2 is 2.30 bits per heavy atom. The molecule has 112 valence electrons. The Morgan fingerprint density at radius 3 is 2.95 bits per heavy atom. The van der Waals surface area contributed by atoms with E-state index < -0.39 is 0 Å². The second kappa shape index (κ2) is 6.72. The van der Waals surface area contributed by atoms with Crippen LogP contribution in [0.25, 0.3) is 0 Å². The van der Waals surface area contributed by atoms with E-state index in [2.05, 4.69) is 13.0 Å². The first-order valence-electron chi connectivity index (χ1n) is 7.56. The molecule has 3 nitrogen and oxygen atoms in total. The summed E-state index contributed by atoms with van der Waals surface area (Å²) in [5.41, 5.74) is 1.38. The third kappa shape index (κ3) is 3.41. The summed E-state index contributed by atoms with van der Waals surface area (Å²) in [5.74, 6) is 0.858. The summed E-state index contributed by atoms with van der Waals surface area (Å²) in [6.45, 7) is 7.11. The van der Waals surface area contributed by atoms with Crippen molar-refractivity contribution in [1.29, 1.82) is 0 Å². The molecule has 0 radical (unpaired) electrons. The number of nitrogens with zero attached hydrogens (tertiary/aromatic N) is 1. The first-order chi connectivity index (χ1) is 9.52. The smallest absolute Gasteiger partial charge is 0.264 e. The van der Waals surface area contributed by atoms with E-state index in [4.69, 9.17) is 5.11 Å². The zero-order valence-electron chi connectivity index (χ0n) is 12.7. The fourth-order valence-corrected chi connectivity index (χ4v) is 3.95. The molecule has 0 saturated carbocycles. The van der Waals surface area contributed by atoms with Crippen LogP contribution < -0.4 is 0 Å². The predicted octanol–water partition coefficient (Wildman–Crippen LogP) is 3.11. The molecule has 20 heavy (non-hydrogen) atoms. The van der Waals surface area contributed by atoms with Crippen molar-refractivity contribution in [1.82, 2.24) is 4.90 Å². The van der Waals surface area contributed by atoms with Gasteiger partial charge in [0.25, 0.3) is 5.91 Å². The van der Waals surface area contributed by atoms with Crippen LogP contribution in [-0.4, -0.2) is 35.1 Å². The molecule has 0 aliphatic heterocycles. The van der Waals surface area contributed by atoms with Gasteiger partial charge >= 0.3 is 0 Å². The zero-order chi connectivity index (χ0) is 14.7. The van der Waals surface area contributed by atoms with Crippen LogP contribution in [0.2, 0.25) is 0 Å². The molecular weight excluding hydrogens is 270 g/mol. The minimum atomic E-state index is 0.125. The maximum absolute atomic E-state index is 12.6. The van der Waals surface area contributed by atoms with Crippen LogP contribution in [0.5, 0.6) is 0 Å². The number of amides is 1. The van der Waals surface area contributed by atoms with Gasteiger partial charge in [0.05, 0.1) is 4.88 Å². The highest BCUT2D eigenvalue weighted by atomic mass is 32.1. The monoisotopic (exact) mass is 295 g/mol. The highest BCUT2D eigenvalue weighted by Crippen LogP contribution is 2.32. The molecule has 1 unspecified atom stereocenters. The van der Waals surface area contributed by atoms with Gasteiger partial charge < -0.3 is 10.0 Å². The molecule has 1 heterocycles. The van der Waals surface area contributed by atoms with Crippen molar-refractivity contribution in [2.45, 2.75) is 52.5 Å². The van der Waals surface area contributed by atoms with E-state index in [1.165, 1.54) is 16.9 Å². The lowest BCUT2D eigenvalue weighted by Crippen LogP contribution is -2.37. The maximum atomic E-state index is 12.6. The van der Waals surface area contributed by atoms with Gasteiger partial charge in [0, 0.05) is 24.1 Å². The second-order valence-electron chi connectivity index (χ2n) is 6.08. The van der Waals surface area contributed by atoms with Crippen molar-refractivity contribution in [2.75, 3.05) is 13.2 Å². The summed E-state index contributed by atoms with van der Waals surface area (Å²) < 4.78 is 0. The predicted molar refractivity (Wildman–Crippen MR) is 83.4 cm³/mol. The number of hydrogen-bond donors (Lipinski definition) is 1. The summed E-state index contributed by atoms with van der Waals surface area (Å²) in [4.78, 5) is 16.8. The lowest BCUT2D eigenvalue weighted by Gasteiger charge is -2.26. The Kier molecular flexibility index (Phi) is 5.22. The number of aliphatic hydroxyl groups is 1. The standard InChI is InChI=1S/C16H25NO2S/c1-11(2)17(7-4-8-18)16(19)15-10-13-9-12(3)5-6-14(13)20-15/h10-12,18H,4-9H2,1-3H3. The van der Waals surface area contributed by atoms with Gasteiger partial charge in [0.2, 0.25) is 0 Å². The van der Waals surface area contributed by atoms with Crippen LogP contribution in [0.15, 0.2) is 6.07 Å². The molecule has 0 aromatic carbocycles. The molecule has 0 saturated heterocycles. The lowest BCUT2D eigenvalue weighted by atomic mass is 9.90. The fraction of sp³-hybridized carbons (Fsp3) is 0.688. The van der Waals surface area contributed by atoms with E-state index >= 15 is 0 Å². The van der Waals surface area contributed by atoms with Gasteiger partial charge in [-0.15, -0.1) is 11.3 Å². The number of hydrogen-bond acceptors (Lipinski definition) is 3. The zero-order valence-corrected chi connectivity index (χ0v) is 13.5. The molecule has 1 atom stereocenters. The van der Waals surface area contributed by atoms with E-state index in [1.807, 2.05) is 18.7 Å². The van der Waals surface area contributed by atoms with Crippen molar-refractivity contribution >= 4 is 17.2 Å². The summed E-state index contributed by atoms with van der Waals surface area (Å²) in [6.07, 6.45) is 4.11. The van der Waals surface area contributed by atoms with Gasteiger partial charge in [0.1, 0.15) is 0 Å². The molecule has 0 bridgehead atoms. The van der Waals surface area contributed by atoms with E-state index in [1.54, 1.807) is 11.3 Å². The molecule has 1 N–H and O–H groups in total. The molecule has 0 spiro atoms. The van der Waals surface area contributed by atoms with Gasteiger partial charge in [-0.05, 0) is 57.1 Å². The Balaban J connectivity index is 2.15. The average Bonchev–Trinajstić information content (AvgIpc) is 2.81. The molecule has 4 heteroatoms. The highest BCUT2D eigenvalue weighted by Gasteiger charge is 2.24. The number of aliphatic hydroxyl groups excluding tert-OH is 1. The SMILES string of the molecule is CC1CCc2sc(C(=O)N(CCCO)C(C)C)cc2C1. The number of thiophene rings is 1. The normalized spacial score (nSPS) is 18.1. The van der Waals surface area contributed by atoms with Gasteiger partial charge in [-0.25, -0.2) is 0 Å².